The maximum atomic E-state index is 10.5. The molecule has 7 nitrogen and oxygen atoms in total. The number of hydrogen-bond donors (Lipinski definition) is 3. The number of benzene rings is 1. The lowest BCUT2D eigenvalue weighted by Gasteiger charge is -2.06. The van der Waals surface area contributed by atoms with E-state index < -0.39 is 28.4 Å². The predicted octanol–water partition coefficient (Wildman–Crippen LogP) is 0.255. The first kappa shape index (κ1) is 11.9. The Morgan fingerprint density at radius 3 is 2.69 bits per heavy atom. The number of carboxylic acids is 1. The number of nitrogens with two attached hydrogens (primary N) is 1. The average Bonchev–Trinajstić information content (AvgIpc) is 2.20. The molecule has 0 bridgehead atoms. The molecule has 0 aromatic heterocycles. The molecule has 4 N–H and O–H groups in total. The van der Waals surface area contributed by atoms with E-state index >= 15 is 0 Å². The first-order valence-electron chi connectivity index (χ1n) is 4.36. The van der Waals surface area contributed by atoms with Crippen LogP contribution in [-0.4, -0.2) is 27.1 Å². The summed E-state index contributed by atoms with van der Waals surface area (Å²) in [5.74, 6) is -1.65. The number of hydrogen-bond acceptors (Lipinski definition) is 5. The normalized spacial score (nSPS) is 12.1. The third-order valence-electron chi connectivity index (χ3n) is 2.01. The highest BCUT2D eigenvalue weighted by molar-refractivity contribution is 5.73. The first-order valence-corrected chi connectivity index (χ1v) is 4.36. The van der Waals surface area contributed by atoms with Gasteiger partial charge in [-0.2, -0.15) is 0 Å². The summed E-state index contributed by atoms with van der Waals surface area (Å²) in [6.45, 7) is 0. The molecule has 0 spiro atoms. The number of phenols is 1. The number of carbonyl (C=O) groups is 1. The zero-order valence-corrected chi connectivity index (χ0v) is 8.16. The summed E-state index contributed by atoms with van der Waals surface area (Å²) in [4.78, 5) is 20.2. The van der Waals surface area contributed by atoms with E-state index in [0.717, 1.165) is 12.1 Å². The van der Waals surface area contributed by atoms with Crippen molar-refractivity contribution in [1.82, 2.24) is 0 Å². The summed E-state index contributed by atoms with van der Waals surface area (Å²) < 4.78 is 0. The van der Waals surface area contributed by atoms with E-state index in [2.05, 4.69) is 0 Å². The zero-order chi connectivity index (χ0) is 12.3. The van der Waals surface area contributed by atoms with Crippen LogP contribution in [0.3, 0.4) is 0 Å². The number of aliphatic carboxylic acids is 1. The first-order chi connectivity index (χ1) is 7.41. The largest absolute Gasteiger partial charge is 0.502 e. The third-order valence-corrected chi connectivity index (χ3v) is 2.01. The lowest BCUT2D eigenvalue weighted by atomic mass is 10.0. The lowest BCUT2D eigenvalue weighted by Crippen LogP contribution is -2.32. The number of aromatic hydroxyl groups is 1. The Morgan fingerprint density at radius 1 is 1.56 bits per heavy atom. The molecule has 0 saturated carbocycles. The van der Waals surface area contributed by atoms with Gasteiger partial charge in [0.25, 0.3) is 0 Å². The lowest BCUT2D eigenvalue weighted by molar-refractivity contribution is -0.385. The van der Waals surface area contributed by atoms with Crippen LogP contribution < -0.4 is 5.73 Å². The summed E-state index contributed by atoms with van der Waals surface area (Å²) in [5, 5.41) is 28.2. The van der Waals surface area contributed by atoms with Crippen molar-refractivity contribution < 1.29 is 19.9 Å². The quantitative estimate of drug-likeness (QED) is 0.499. The van der Waals surface area contributed by atoms with Gasteiger partial charge in [0, 0.05) is 6.07 Å². The standard InChI is InChI=1S/C9H10N2O5/c10-6(9(13)14)3-5-1-2-8(12)7(4-5)11(15)16/h1-2,4,6,12H,3,10H2,(H,13,14)/t6-/m0/s1/i3+0,4+0,5+0,6+0,7+0,8+0. The van der Waals surface area contributed by atoms with Crippen molar-refractivity contribution in [2.75, 3.05) is 0 Å². The smallest absolute Gasteiger partial charge is 0.320 e. The molecule has 1 aromatic rings. The summed E-state index contributed by atoms with van der Waals surface area (Å²) in [7, 11) is 0. The Bertz CT molecular complexity index is 432. The second-order valence-corrected chi connectivity index (χ2v) is 3.23. The molecule has 7 heteroatoms. The number of nitro groups is 1. The molecule has 0 aliphatic heterocycles. The summed E-state index contributed by atoms with van der Waals surface area (Å²) in [5.41, 5.74) is 5.21. The fourth-order valence-electron chi connectivity index (χ4n) is 1.18. The minimum atomic E-state index is -1.18. The van der Waals surface area contributed by atoms with Gasteiger partial charge in [0.2, 0.25) is 0 Å². The monoisotopic (exact) mass is 226 g/mol. The van der Waals surface area contributed by atoms with E-state index in [1.54, 1.807) is 0 Å². The van der Waals surface area contributed by atoms with E-state index in [9.17, 15) is 14.9 Å². The molecule has 0 unspecified atom stereocenters. The fraction of sp³-hybridized carbons (Fsp3) is 0.222. The molecular formula is C9H10N2O5. The Morgan fingerprint density at radius 2 is 2.19 bits per heavy atom. The average molecular weight is 226 g/mol. The number of phenolic OH excluding ortho intramolecular Hbond substituents is 1. The van der Waals surface area contributed by atoms with Gasteiger partial charge in [-0.05, 0) is 18.1 Å². The van der Waals surface area contributed by atoms with Gasteiger partial charge in [-0.25, -0.2) is 0 Å². The van der Waals surface area contributed by atoms with Crippen LogP contribution in [0.5, 0.6) is 5.75 Å². The van der Waals surface area contributed by atoms with E-state index in [-0.39, 0.29) is 6.42 Å². The summed E-state index contributed by atoms with van der Waals surface area (Å²) >= 11 is 0. The molecule has 0 aliphatic rings. The van der Waals surface area contributed by atoms with Gasteiger partial charge in [-0.3, -0.25) is 14.9 Å². The van der Waals surface area contributed by atoms with Crippen molar-refractivity contribution in [3.05, 3.63) is 33.9 Å². The number of nitrogens with zero attached hydrogens (tertiary/aromatic N) is 1. The van der Waals surface area contributed by atoms with E-state index in [1.165, 1.54) is 6.07 Å². The SMILES string of the molecule is N[12C@@H]([12CH2][12c]1cc[12c](O)[12c]([N+](=O)[O-])[12cH]1)C(=O)O. The van der Waals surface area contributed by atoms with Gasteiger partial charge in [0.1, 0.15) is 6.04 Å². The molecule has 0 heterocycles. The zero-order valence-electron chi connectivity index (χ0n) is 8.16. The molecule has 0 radical (unpaired) electrons. The minimum Gasteiger partial charge on any atom is -0.502 e. The Hall–Kier alpha value is -2.15. The van der Waals surface area contributed by atoms with Crippen molar-refractivity contribution in [3.8, 4) is 5.75 Å². The number of nitro benzene ring substituents is 1. The molecule has 0 aliphatic carbocycles. The second-order valence-electron chi connectivity index (χ2n) is 3.23. The maximum Gasteiger partial charge on any atom is 0.320 e. The maximum absolute atomic E-state index is 10.5. The van der Waals surface area contributed by atoms with Gasteiger partial charge in [0.05, 0.1) is 4.92 Å². The highest BCUT2D eigenvalue weighted by Gasteiger charge is 2.17. The predicted molar refractivity (Wildman–Crippen MR) is 54.1 cm³/mol. The minimum absolute atomic E-state index is 0.0313. The molecule has 16 heavy (non-hydrogen) atoms. The van der Waals surface area contributed by atoms with Crippen LogP contribution in [0.2, 0.25) is 0 Å². The van der Waals surface area contributed by atoms with Gasteiger partial charge in [0.15, 0.2) is 5.75 Å². The number of rotatable bonds is 4. The van der Waals surface area contributed by atoms with Gasteiger partial charge < -0.3 is 15.9 Å². The Labute approximate surface area is 90.3 Å². The van der Waals surface area contributed by atoms with Crippen LogP contribution in [0.15, 0.2) is 18.2 Å². The number of carboxylic acid groups (broad SMARTS) is 1. The van der Waals surface area contributed by atoms with E-state index in [1.807, 2.05) is 0 Å². The van der Waals surface area contributed by atoms with Crippen molar-refractivity contribution in [1.29, 1.82) is 0 Å². The van der Waals surface area contributed by atoms with Crippen molar-refractivity contribution in [2.24, 2.45) is 5.73 Å². The molecular weight excluding hydrogens is 216 g/mol. The molecule has 1 aromatic carbocycles. The third kappa shape index (κ3) is 2.67. The van der Waals surface area contributed by atoms with Gasteiger partial charge in [-0.15, -0.1) is 0 Å². The molecule has 0 fully saturated rings. The summed E-state index contributed by atoms with van der Waals surface area (Å²) in [6, 6.07) is 2.52. The van der Waals surface area contributed by atoms with Gasteiger partial charge in [-0.1, -0.05) is 6.07 Å². The fourth-order valence-corrected chi connectivity index (χ4v) is 1.18. The van der Waals surface area contributed by atoms with Gasteiger partial charge >= 0.3 is 11.7 Å². The molecule has 0 amide bonds. The molecule has 1 atom stereocenters. The van der Waals surface area contributed by atoms with E-state index in [0.29, 0.717) is 5.56 Å². The topological polar surface area (TPSA) is 127 Å². The van der Waals surface area contributed by atoms with Crippen LogP contribution in [-0.2, 0) is 11.2 Å². The second kappa shape index (κ2) is 4.58. The Balaban J connectivity index is 2.95. The van der Waals surface area contributed by atoms with E-state index in [4.69, 9.17) is 15.9 Å². The van der Waals surface area contributed by atoms with Crippen molar-refractivity contribution in [2.45, 2.75) is 12.5 Å². The van der Waals surface area contributed by atoms with Crippen molar-refractivity contribution in [3.63, 3.8) is 0 Å². The van der Waals surface area contributed by atoms with Crippen LogP contribution in [0, 0.1) is 10.1 Å². The molecule has 1 rings (SSSR count). The highest BCUT2D eigenvalue weighted by Crippen LogP contribution is 2.26. The van der Waals surface area contributed by atoms with Crippen LogP contribution in [0.4, 0.5) is 5.69 Å². The van der Waals surface area contributed by atoms with Crippen LogP contribution >= 0.6 is 0 Å². The van der Waals surface area contributed by atoms with Crippen LogP contribution in [0.25, 0.3) is 0 Å². The molecule has 86 valence electrons. The molecule has 0 saturated heterocycles. The Kier molecular flexibility index (Phi) is 3.41. The summed E-state index contributed by atoms with van der Waals surface area (Å²) in [6.07, 6.45) is -0.0313. The highest BCUT2D eigenvalue weighted by atomic mass is 16.6. The van der Waals surface area contributed by atoms with Crippen molar-refractivity contribution >= 4 is 11.7 Å². The van der Waals surface area contributed by atoms with Crippen LogP contribution in [0.1, 0.15) is 5.56 Å².